The van der Waals surface area contributed by atoms with Gasteiger partial charge < -0.3 is 15.2 Å². The molecule has 0 aliphatic carbocycles. The summed E-state index contributed by atoms with van der Waals surface area (Å²) in [5.41, 5.74) is 5.45. The molecule has 156 valence electrons. The Balaban J connectivity index is 1.76. The number of amides is 1. The maximum Gasteiger partial charge on any atom is 0.259 e. The fourth-order valence-corrected chi connectivity index (χ4v) is 3.82. The van der Waals surface area contributed by atoms with Gasteiger partial charge in [0.05, 0.1) is 17.9 Å². The molecule has 30 heavy (non-hydrogen) atoms. The van der Waals surface area contributed by atoms with Crippen molar-refractivity contribution >= 4 is 34.8 Å². The molecule has 0 saturated heterocycles. The molecule has 2 N–H and O–H groups in total. The van der Waals surface area contributed by atoms with Gasteiger partial charge in [-0.15, -0.1) is 0 Å². The van der Waals surface area contributed by atoms with Crippen molar-refractivity contribution in [3.63, 3.8) is 0 Å². The van der Waals surface area contributed by atoms with Crippen molar-refractivity contribution in [2.45, 2.75) is 27.2 Å². The molecule has 0 heterocycles. The first-order chi connectivity index (χ1) is 14.2. The van der Waals surface area contributed by atoms with Crippen molar-refractivity contribution in [1.82, 2.24) is 0 Å². The summed E-state index contributed by atoms with van der Waals surface area (Å²) in [4.78, 5) is 12.6. The van der Waals surface area contributed by atoms with Crippen molar-refractivity contribution in [2.24, 2.45) is 0 Å². The number of hydrogen-bond acceptors (Lipinski definition) is 3. The van der Waals surface area contributed by atoms with E-state index in [1.54, 1.807) is 18.2 Å². The Morgan fingerprint density at radius 2 is 1.60 bits per heavy atom. The number of aryl methyl sites for hydroxylation is 3. The molecule has 0 bridgehead atoms. The van der Waals surface area contributed by atoms with Crippen LogP contribution in [0.5, 0.6) is 11.5 Å². The van der Waals surface area contributed by atoms with Crippen LogP contribution in [0.15, 0.2) is 48.5 Å². The van der Waals surface area contributed by atoms with Gasteiger partial charge in [0.25, 0.3) is 5.91 Å². The van der Waals surface area contributed by atoms with Crippen LogP contribution >= 0.6 is 23.2 Å². The second-order valence-electron chi connectivity index (χ2n) is 7.23. The van der Waals surface area contributed by atoms with E-state index < -0.39 is 5.91 Å². The lowest BCUT2D eigenvalue weighted by molar-refractivity contribution is 0.102. The number of nitrogens with one attached hydrogen (secondary N) is 1. The summed E-state index contributed by atoms with van der Waals surface area (Å²) in [6.07, 6.45) is 0.739. The lowest BCUT2D eigenvalue weighted by Gasteiger charge is -2.15. The van der Waals surface area contributed by atoms with Crippen LogP contribution in [0.2, 0.25) is 10.0 Å². The van der Waals surface area contributed by atoms with Gasteiger partial charge >= 0.3 is 0 Å². The lowest BCUT2D eigenvalue weighted by atomic mass is 9.98. The number of phenols is 1. The number of carbonyl (C=O) groups is 1. The highest BCUT2D eigenvalue weighted by atomic mass is 35.5. The fraction of sp³-hybridized carbons (Fsp3) is 0.208. The predicted octanol–water partition coefficient (Wildman–Crippen LogP) is 6.50. The standard InChI is InChI=1S/C24H23Cl2NO3/c1-14-10-15(2)19(16(3)11-14)8-9-30-23-7-5-18(26)13-21(23)27-24(29)20-12-17(25)4-6-22(20)28/h4-7,10-13,28H,8-9H2,1-3H3,(H,27,29). The molecule has 3 aromatic rings. The Kier molecular flexibility index (Phi) is 6.91. The van der Waals surface area contributed by atoms with E-state index >= 15 is 0 Å². The zero-order valence-corrected chi connectivity index (χ0v) is 18.6. The highest BCUT2D eigenvalue weighted by Crippen LogP contribution is 2.30. The van der Waals surface area contributed by atoms with Gasteiger partial charge in [-0.1, -0.05) is 40.9 Å². The van der Waals surface area contributed by atoms with Crippen molar-refractivity contribution in [3.8, 4) is 11.5 Å². The number of ether oxygens (including phenoxy) is 1. The molecule has 0 radical (unpaired) electrons. The van der Waals surface area contributed by atoms with Crippen molar-refractivity contribution in [2.75, 3.05) is 11.9 Å². The van der Waals surface area contributed by atoms with E-state index in [2.05, 4.69) is 38.2 Å². The van der Waals surface area contributed by atoms with E-state index in [4.69, 9.17) is 27.9 Å². The molecule has 0 aliphatic rings. The summed E-state index contributed by atoms with van der Waals surface area (Å²) >= 11 is 12.1. The number of hydrogen-bond donors (Lipinski definition) is 2. The molecule has 3 aromatic carbocycles. The second-order valence-corrected chi connectivity index (χ2v) is 8.10. The summed E-state index contributed by atoms with van der Waals surface area (Å²) in [6.45, 7) is 6.72. The highest BCUT2D eigenvalue weighted by Gasteiger charge is 2.15. The van der Waals surface area contributed by atoms with Crippen LogP contribution in [0.4, 0.5) is 5.69 Å². The molecular weight excluding hydrogens is 421 g/mol. The van der Waals surface area contributed by atoms with Crippen LogP contribution in [0.1, 0.15) is 32.6 Å². The summed E-state index contributed by atoms with van der Waals surface area (Å²) in [7, 11) is 0. The predicted molar refractivity (Wildman–Crippen MR) is 122 cm³/mol. The van der Waals surface area contributed by atoms with Crippen LogP contribution in [0.3, 0.4) is 0 Å². The van der Waals surface area contributed by atoms with Crippen LogP contribution in [-0.4, -0.2) is 17.6 Å². The topological polar surface area (TPSA) is 58.6 Å². The van der Waals surface area contributed by atoms with E-state index in [1.165, 1.54) is 40.5 Å². The van der Waals surface area contributed by atoms with Crippen LogP contribution < -0.4 is 10.1 Å². The minimum atomic E-state index is -0.507. The van der Waals surface area contributed by atoms with Crippen molar-refractivity contribution < 1.29 is 14.6 Å². The van der Waals surface area contributed by atoms with Crippen LogP contribution in [-0.2, 0) is 6.42 Å². The van der Waals surface area contributed by atoms with E-state index in [1.807, 2.05) is 0 Å². The first kappa shape index (κ1) is 22.0. The molecule has 4 nitrogen and oxygen atoms in total. The minimum absolute atomic E-state index is 0.0688. The molecule has 1 amide bonds. The molecule has 6 heteroatoms. The van der Waals surface area contributed by atoms with E-state index in [0.717, 1.165) is 6.42 Å². The smallest absolute Gasteiger partial charge is 0.259 e. The zero-order valence-electron chi connectivity index (χ0n) is 17.1. The molecule has 0 saturated carbocycles. The minimum Gasteiger partial charge on any atom is -0.507 e. The fourth-order valence-electron chi connectivity index (χ4n) is 3.47. The van der Waals surface area contributed by atoms with Crippen LogP contribution in [0.25, 0.3) is 0 Å². The van der Waals surface area contributed by atoms with Gasteiger partial charge in [0.1, 0.15) is 11.5 Å². The Labute approximate surface area is 186 Å². The van der Waals surface area contributed by atoms with E-state index in [0.29, 0.717) is 28.1 Å². The van der Waals surface area contributed by atoms with Gasteiger partial charge in [0.2, 0.25) is 0 Å². The summed E-state index contributed by atoms with van der Waals surface area (Å²) in [5, 5.41) is 13.5. The van der Waals surface area contributed by atoms with Crippen LogP contribution in [0, 0.1) is 20.8 Å². The molecular formula is C24H23Cl2NO3. The molecule has 0 unspecified atom stereocenters. The maximum absolute atomic E-state index is 12.6. The summed E-state index contributed by atoms with van der Waals surface area (Å²) in [5.74, 6) is -0.171. The lowest BCUT2D eigenvalue weighted by Crippen LogP contribution is -2.14. The number of benzene rings is 3. The zero-order chi connectivity index (χ0) is 21.8. The molecule has 0 fully saturated rings. The Hall–Kier alpha value is -2.69. The Morgan fingerprint density at radius 3 is 2.30 bits per heavy atom. The number of phenolic OH excluding ortho intramolecular Hbond substituents is 1. The highest BCUT2D eigenvalue weighted by molar-refractivity contribution is 6.31. The van der Waals surface area contributed by atoms with Gasteiger partial charge in [-0.2, -0.15) is 0 Å². The quantitative estimate of drug-likeness (QED) is 0.457. The number of aromatic hydroxyl groups is 1. The average molecular weight is 444 g/mol. The first-order valence-electron chi connectivity index (χ1n) is 9.53. The molecule has 0 atom stereocenters. The number of carbonyl (C=O) groups excluding carboxylic acids is 1. The molecule has 0 aliphatic heterocycles. The third kappa shape index (κ3) is 5.26. The molecule has 0 spiro atoms. The third-order valence-corrected chi connectivity index (χ3v) is 5.31. The van der Waals surface area contributed by atoms with E-state index in [-0.39, 0.29) is 11.3 Å². The third-order valence-electron chi connectivity index (χ3n) is 4.84. The van der Waals surface area contributed by atoms with Gasteiger partial charge in [0.15, 0.2) is 0 Å². The van der Waals surface area contributed by atoms with Gasteiger partial charge in [-0.3, -0.25) is 4.79 Å². The molecule has 3 rings (SSSR count). The first-order valence-corrected chi connectivity index (χ1v) is 10.3. The second kappa shape index (κ2) is 9.41. The summed E-state index contributed by atoms with van der Waals surface area (Å²) < 4.78 is 5.97. The van der Waals surface area contributed by atoms with Crippen molar-refractivity contribution in [3.05, 3.63) is 86.4 Å². The van der Waals surface area contributed by atoms with E-state index in [9.17, 15) is 9.90 Å². The SMILES string of the molecule is Cc1cc(C)c(CCOc2ccc(Cl)cc2NC(=O)c2cc(Cl)ccc2O)c(C)c1. The normalized spacial score (nSPS) is 10.7. The number of rotatable bonds is 6. The monoisotopic (exact) mass is 443 g/mol. The Morgan fingerprint density at radius 1 is 0.967 bits per heavy atom. The van der Waals surface area contributed by atoms with Gasteiger partial charge in [-0.05, 0) is 73.9 Å². The summed E-state index contributed by atoms with van der Waals surface area (Å²) in [6, 6.07) is 13.6. The molecule has 0 aromatic heterocycles. The average Bonchev–Trinajstić information content (AvgIpc) is 2.67. The Bertz CT molecular complexity index is 1070. The largest absolute Gasteiger partial charge is 0.507 e. The van der Waals surface area contributed by atoms with Gasteiger partial charge in [0, 0.05) is 16.5 Å². The van der Waals surface area contributed by atoms with Gasteiger partial charge in [-0.25, -0.2) is 0 Å². The maximum atomic E-state index is 12.6. The van der Waals surface area contributed by atoms with Crippen molar-refractivity contribution in [1.29, 1.82) is 0 Å². The number of anilines is 1. The number of halogens is 2.